The van der Waals surface area contributed by atoms with Gasteiger partial charge in [0.05, 0.1) is 10.7 Å². The van der Waals surface area contributed by atoms with Crippen molar-refractivity contribution in [2.45, 2.75) is 13.8 Å². The largest absolute Gasteiger partial charge is 0.331 e. The molecule has 0 aliphatic carbocycles. The SMILES string of the molecule is Cc1cc(/C=C2/C(=O)NC(=O)N(C)C2=O)c(C)n1-c1cc(Cl)ccc1Cl. The molecule has 1 N–H and O–H groups in total. The first-order valence-corrected chi connectivity index (χ1v) is 8.45. The van der Waals surface area contributed by atoms with Crippen LogP contribution in [0.25, 0.3) is 11.8 Å². The molecule has 0 bridgehead atoms. The molecule has 0 radical (unpaired) electrons. The van der Waals surface area contributed by atoms with E-state index in [1.165, 1.54) is 13.1 Å². The number of urea groups is 1. The maximum atomic E-state index is 12.3. The Kier molecular flexibility index (Phi) is 4.64. The normalized spacial score (nSPS) is 16.4. The van der Waals surface area contributed by atoms with Gasteiger partial charge < -0.3 is 4.57 Å². The summed E-state index contributed by atoms with van der Waals surface area (Å²) in [6.07, 6.45) is 1.47. The number of imide groups is 2. The Morgan fingerprint density at radius 1 is 1.08 bits per heavy atom. The number of hydrogen-bond donors (Lipinski definition) is 1. The van der Waals surface area contributed by atoms with Crippen LogP contribution in [-0.2, 0) is 9.59 Å². The molecule has 1 aromatic carbocycles. The zero-order chi connectivity index (χ0) is 19.2. The highest BCUT2D eigenvalue weighted by Crippen LogP contribution is 2.30. The lowest BCUT2D eigenvalue weighted by atomic mass is 10.1. The lowest BCUT2D eigenvalue weighted by molar-refractivity contribution is -0.129. The minimum atomic E-state index is -0.742. The van der Waals surface area contributed by atoms with Gasteiger partial charge in [0.1, 0.15) is 5.57 Å². The van der Waals surface area contributed by atoms with E-state index in [0.717, 1.165) is 16.3 Å². The maximum absolute atomic E-state index is 12.3. The van der Waals surface area contributed by atoms with Crippen LogP contribution in [0.15, 0.2) is 29.8 Å². The van der Waals surface area contributed by atoms with E-state index in [-0.39, 0.29) is 5.57 Å². The van der Waals surface area contributed by atoms with E-state index >= 15 is 0 Å². The molecule has 134 valence electrons. The number of barbiturate groups is 1. The van der Waals surface area contributed by atoms with Crippen molar-refractivity contribution in [2.24, 2.45) is 0 Å². The molecule has 2 aromatic rings. The minimum Gasteiger partial charge on any atom is -0.316 e. The third-order valence-electron chi connectivity index (χ3n) is 4.22. The molecule has 1 aromatic heterocycles. The van der Waals surface area contributed by atoms with E-state index in [4.69, 9.17) is 23.2 Å². The van der Waals surface area contributed by atoms with Crippen LogP contribution in [0.5, 0.6) is 0 Å². The first kappa shape index (κ1) is 18.2. The summed E-state index contributed by atoms with van der Waals surface area (Å²) in [6.45, 7) is 3.72. The number of likely N-dealkylation sites (N-methyl/N-ethyl adjacent to an activating group) is 1. The number of aryl methyl sites for hydroxylation is 1. The lowest BCUT2D eigenvalue weighted by Gasteiger charge is -2.22. The molecule has 26 heavy (non-hydrogen) atoms. The zero-order valence-electron chi connectivity index (χ0n) is 14.3. The number of benzene rings is 1. The van der Waals surface area contributed by atoms with Crippen molar-refractivity contribution in [3.8, 4) is 5.69 Å². The fraction of sp³-hybridized carbons (Fsp3) is 0.167. The van der Waals surface area contributed by atoms with Crippen LogP contribution < -0.4 is 5.32 Å². The summed E-state index contributed by atoms with van der Waals surface area (Å²) in [6, 6.07) is 6.23. The number of halogens is 2. The summed E-state index contributed by atoms with van der Waals surface area (Å²) in [5.41, 5.74) is 2.89. The summed E-state index contributed by atoms with van der Waals surface area (Å²) in [5, 5.41) is 3.19. The van der Waals surface area contributed by atoms with Crippen molar-refractivity contribution in [3.63, 3.8) is 0 Å². The van der Waals surface area contributed by atoms with Gasteiger partial charge in [-0.15, -0.1) is 0 Å². The molecule has 3 rings (SSSR count). The quantitative estimate of drug-likeness (QED) is 0.628. The van der Waals surface area contributed by atoms with Gasteiger partial charge in [-0.05, 0) is 49.8 Å². The van der Waals surface area contributed by atoms with E-state index in [1.54, 1.807) is 18.2 Å². The Morgan fingerprint density at radius 2 is 1.77 bits per heavy atom. The molecule has 0 saturated carbocycles. The predicted molar refractivity (Wildman–Crippen MR) is 99.5 cm³/mol. The van der Waals surface area contributed by atoms with Gasteiger partial charge in [0.2, 0.25) is 0 Å². The predicted octanol–water partition coefficient (Wildman–Crippen LogP) is 3.49. The number of nitrogens with one attached hydrogen (secondary N) is 1. The molecule has 0 unspecified atom stereocenters. The second-order valence-corrected chi connectivity index (χ2v) is 6.78. The molecule has 1 fully saturated rings. The molecule has 0 atom stereocenters. The van der Waals surface area contributed by atoms with Crippen molar-refractivity contribution in [2.75, 3.05) is 7.05 Å². The van der Waals surface area contributed by atoms with E-state index in [0.29, 0.717) is 21.3 Å². The minimum absolute atomic E-state index is 0.107. The highest BCUT2D eigenvalue weighted by Gasteiger charge is 2.33. The van der Waals surface area contributed by atoms with Crippen molar-refractivity contribution in [1.29, 1.82) is 0 Å². The molecular weight excluding hydrogens is 377 g/mol. The molecule has 1 aliphatic heterocycles. The van der Waals surface area contributed by atoms with E-state index in [9.17, 15) is 14.4 Å². The molecular formula is C18H15Cl2N3O3. The highest BCUT2D eigenvalue weighted by atomic mass is 35.5. The van der Waals surface area contributed by atoms with Crippen LogP contribution in [0.1, 0.15) is 17.0 Å². The topological polar surface area (TPSA) is 71.4 Å². The van der Waals surface area contributed by atoms with Gasteiger partial charge in [-0.2, -0.15) is 0 Å². The van der Waals surface area contributed by atoms with Crippen LogP contribution in [0, 0.1) is 13.8 Å². The molecule has 0 spiro atoms. The van der Waals surface area contributed by atoms with Crippen LogP contribution >= 0.6 is 23.2 Å². The highest BCUT2D eigenvalue weighted by molar-refractivity contribution is 6.34. The summed E-state index contributed by atoms with van der Waals surface area (Å²) in [5.74, 6) is -1.37. The molecule has 2 heterocycles. The monoisotopic (exact) mass is 391 g/mol. The average molecular weight is 392 g/mol. The van der Waals surface area contributed by atoms with Crippen molar-refractivity contribution < 1.29 is 14.4 Å². The number of amides is 4. The van der Waals surface area contributed by atoms with Crippen LogP contribution in [0.3, 0.4) is 0 Å². The number of rotatable bonds is 2. The zero-order valence-corrected chi connectivity index (χ0v) is 15.8. The molecule has 8 heteroatoms. The smallest absolute Gasteiger partial charge is 0.316 e. The fourth-order valence-corrected chi connectivity index (χ4v) is 3.23. The van der Waals surface area contributed by atoms with Crippen molar-refractivity contribution in [3.05, 3.63) is 56.8 Å². The molecule has 1 aliphatic rings. The van der Waals surface area contributed by atoms with E-state index in [1.807, 2.05) is 24.5 Å². The first-order chi connectivity index (χ1) is 12.2. The number of nitrogens with zero attached hydrogens (tertiary/aromatic N) is 2. The second kappa shape index (κ2) is 6.63. The lowest BCUT2D eigenvalue weighted by Crippen LogP contribution is -2.52. The standard InChI is InChI=1S/C18H15Cl2N3O3/c1-9-6-11(7-13-16(24)21-18(26)22(3)17(13)25)10(2)23(9)15-8-12(19)4-5-14(15)20/h4-8H,1-3H3,(H,21,24,26)/b13-7-. The van der Waals surface area contributed by atoms with E-state index in [2.05, 4.69) is 5.32 Å². The number of hydrogen-bond acceptors (Lipinski definition) is 3. The van der Waals surface area contributed by atoms with Gasteiger partial charge in [0.15, 0.2) is 0 Å². The summed E-state index contributed by atoms with van der Waals surface area (Å²) < 4.78 is 1.89. The Hall–Kier alpha value is -2.57. The number of aromatic nitrogens is 1. The molecule has 6 nitrogen and oxygen atoms in total. The van der Waals surface area contributed by atoms with Gasteiger partial charge in [-0.1, -0.05) is 23.2 Å². The summed E-state index contributed by atoms with van der Waals surface area (Å²) in [7, 11) is 1.31. The third-order valence-corrected chi connectivity index (χ3v) is 4.78. The average Bonchev–Trinajstić information content (AvgIpc) is 2.85. The second-order valence-electron chi connectivity index (χ2n) is 5.94. The number of carbonyl (C=O) groups excluding carboxylic acids is 3. The first-order valence-electron chi connectivity index (χ1n) is 7.70. The van der Waals surface area contributed by atoms with Crippen LogP contribution in [0.2, 0.25) is 10.0 Å². The van der Waals surface area contributed by atoms with Gasteiger partial charge >= 0.3 is 6.03 Å². The maximum Gasteiger partial charge on any atom is 0.331 e. The molecule has 1 saturated heterocycles. The Balaban J connectivity index is 2.12. The third kappa shape index (κ3) is 3.02. The molecule has 4 amide bonds. The summed E-state index contributed by atoms with van der Waals surface area (Å²) in [4.78, 5) is 36.7. The van der Waals surface area contributed by atoms with Crippen LogP contribution in [-0.4, -0.2) is 34.4 Å². The Labute approximate surface area is 160 Å². The van der Waals surface area contributed by atoms with Gasteiger partial charge in [-0.25, -0.2) is 4.79 Å². The van der Waals surface area contributed by atoms with Gasteiger partial charge in [0, 0.05) is 23.5 Å². The Bertz CT molecular complexity index is 992. The van der Waals surface area contributed by atoms with Gasteiger partial charge in [0.25, 0.3) is 11.8 Å². The van der Waals surface area contributed by atoms with E-state index < -0.39 is 17.8 Å². The summed E-state index contributed by atoms with van der Waals surface area (Å²) >= 11 is 12.4. The van der Waals surface area contributed by atoms with Crippen LogP contribution in [0.4, 0.5) is 4.79 Å². The fourth-order valence-electron chi connectivity index (χ4n) is 2.86. The van der Waals surface area contributed by atoms with Gasteiger partial charge in [-0.3, -0.25) is 19.8 Å². The number of carbonyl (C=O) groups is 3. The Morgan fingerprint density at radius 3 is 2.46 bits per heavy atom. The van der Waals surface area contributed by atoms with Crippen molar-refractivity contribution >= 4 is 47.1 Å². The van der Waals surface area contributed by atoms with Crippen molar-refractivity contribution in [1.82, 2.24) is 14.8 Å².